The van der Waals surface area contributed by atoms with Gasteiger partial charge in [-0.1, -0.05) is 12.1 Å². The average Bonchev–Trinajstić information content (AvgIpc) is 2.87. The van der Waals surface area contributed by atoms with Crippen LogP contribution >= 0.6 is 0 Å². The Morgan fingerprint density at radius 2 is 1.84 bits per heavy atom. The molecule has 0 saturated carbocycles. The molecule has 37 heavy (non-hydrogen) atoms. The number of nitrogens with one attached hydrogen (secondary N) is 1. The highest BCUT2D eigenvalue weighted by Crippen LogP contribution is 2.43. The molecular formula is C29H34N2O6. The van der Waals surface area contributed by atoms with E-state index in [0.29, 0.717) is 33.7 Å². The number of carbonyl (C=O) groups excluding carboxylic acids is 1. The number of fused-ring (bicyclic) bond motifs is 3. The molecule has 0 radical (unpaired) electrons. The van der Waals surface area contributed by atoms with E-state index in [1.165, 1.54) is 5.56 Å². The molecule has 2 aromatic carbocycles. The standard InChI is InChI=1S/C29H34N2O6/c1-18-19(2)28(33)36-27-22-9-10-29(3,4)37-23(22)15-24(26(18)27)35-17-25(32)30-21-7-5-20(6-8-21)16-31-11-13-34-14-12-31/h5-8,15H,9-14,16-17H2,1-4H3,(H,30,32). The first kappa shape index (κ1) is 25.3. The van der Waals surface area contributed by atoms with Gasteiger partial charge in [-0.3, -0.25) is 9.69 Å². The minimum atomic E-state index is -0.371. The van der Waals surface area contributed by atoms with Crippen LogP contribution in [0.3, 0.4) is 0 Å². The number of benzene rings is 2. The molecule has 0 spiro atoms. The topological polar surface area (TPSA) is 90.2 Å². The molecule has 0 bridgehead atoms. The first-order valence-corrected chi connectivity index (χ1v) is 12.8. The zero-order valence-electron chi connectivity index (χ0n) is 21.9. The van der Waals surface area contributed by atoms with Crippen molar-refractivity contribution in [2.75, 3.05) is 38.2 Å². The van der Waals surface area contributed by atoms with Crippen molar-refractivity contribution in [2.24, 2.45) is 0 Å². The van der Waals surface area contributed by atoms with Crippen molar-refractivity contribution in [1.29, 1.82) is 0 Å². The number of carbonyl (C=O) groups is 1. The molecule has 8 nitrogen and oxygen atoms in total. The maximum Gasteiger partial charge on any atom is 0.339 e. The highest BCUT2D eigenvalue weighted by Gasteiger charge is 2.31. The lowest BCUT2D eigenvalue weighted by molar-refractivity contribution is -0.118. The molecule has 3 aromatic rings. The van der Waals surface area contributed by atoms with Crippen LogP contribution in [0.5, 0.6) is 11.5 Å². The molecule has 5 rings (SSSR count). The third-order valence-electron chi connectivity index (χ3n) is 7.22. The van der Waals surface area contributed by atoms with E-state index < -0.39 is 0 Å². The van der Waals surface area contributed by atoms with Gasteiger partial charge in [0, 0.05) is 42.5 Å². The summed E-state index contributed by atoms with van der Waals surface area (Å²) in [7, 11) is 0. The molecule has 1 saturated heterocycles. The Morgan fingerprint density at radius 1 is 1.11 bits per heavy atom. The van der Waals surface area contributed by atoms with Crippen LogP contribution < -0.4 is 20.4 Å². The number of morpholine rings is 1. The van der Waals surface area contributed by atoms with Gasteiger partial charge in [0.1, 0.15) is 22.7 Å². The molecule has 0 unspecified atom stereocenters. The highest BCUT2D eigenvalue weighted by molar-refractivity contribution is 5.94. The van der Waals surface area contributed by atoms with E-state index in [-0.39, 0.29) is 23.7 Å². The fourth-order valence-corrected chi connectivity index (χ4v) is 4.90. The maximum atomic E-state index is 12.8. The Balaban J connectivity index is 1.32. The van der Waals surface area contributed by atoms with E-state index in [2.05, 4.69) is 10.2 Å². The SMILES string of the molecule is Cc1c(C)c2c(OCC(=O)Nc3ccc(CN4CCOCC4)cc3)cc3c(c2oc1=O)CCC(C)(C)O3. The molecular weight excluding hydrogens is 472 g/mol. The van der Waals surface area contributed by atoms with Crippen LogP contribution in [0, 0.1) is 13.8 Å². The second-order valence-corrected chi connectivity index (χ2v) is 10.5. The molecule has 2 aliphatic heterocycles. The second-order valence-electron chi connectivity index (χ2n) is 10.5. The average molecular weight is 507 g/mol. The number of ether oxygens (including phenoxy) is 3. The van der Waals surface area contributed by atoms with Crippen LogP contribution in [0.25, 0.3) is 11.0 Å². The molecule has 1 fully saturated rings. The van der Waals surface area contributed by atoms with Gasteiger partial charge in [0.05, 0.1) is 18.6 Å². The van der Waals surface area contributed by atoms with Crippen LogP contribution in [0.4, 0.5) is 5.69 Å². The number of nitrogens with zero attached hydrogens (tertiary/aromatic N) is 1. The zero-order valence-corrected chi connectivity index (χ0v) is 21.9. The van der Waals surface area contributed by atoms with Crippen molar-refractivity contribution >= 4 is 22.6 Å². The van der Waals surface area contributed by atoms with Gasteiger partial charge < -0.3 is 23.9 Å². The molecule has 196 valence electrons. The highest BCUT2D eigenvalue weighted by atomic mass is 16.5. The predicted molar refractivity (Wildman–Crippen MR) is 142 cm³/mol. The van der Waals surface area contributed by atoms with Gasteiger partial charge in [-0.05, 0) is 63.8 Å². The summed E-state index contributed by atoms with van der Waals surface area (Å²) in [6.45, 7) is 11.7. The summed E-state index contributed by atoms with van der Waals surface area (Å²) in [6, 6.07) is 9.67. The number of amides is 1. The lowest BCUT2D eigenvalue weighted by Gasteiger charge is -2.33. The van der Waals surface area contributed by atoms with E-state index in [1.54, 1.807) is 6.92 Å². The summed E-state index contributed by atoms with van der Waals surface area (Å²) in [6.07, 6.45) is 1.53. The van der Waals surface area contributed by atoms with Crippen LogP contribution in [-0.4, -0.2) is 49.3 Å². The van der Waals surface area contributed by atoms with Crippen molar-refractivity contribution < 1.29 is 23.4 Å². The molecule has 1 aromatic heterocycles. The first-order chi connectivity index (χ1) is 17.7. The van der Waals surface area contributed by atoms with Crippen LogP contribution in [0.15, 0.2) is 39.5 Å². The van der Waals surface area contributed by atoms with Crippen molar-refractivity contribution in [3.63, 3.8) is 0 Å². The minimum absolute atomic E-state index is 0.190. The molecule has 1 amide bonds. The van der Waals surface area contributed by atoms with E-state index >= 15 is 0 Å². The molecule has 2 aliphatic rings. The van der Waals surface area contributed by atoms with E-state index in [4.69, 9.17) is 18.6 Å². The molecule has 3 heterocycles. The van der Waals surface area contributed by atoms with Gasteiger partial charge in [0.25, 0.3) is 5.91 Å². The monoisotopic (exact) mass is 506 g/mol. The summed E-state index contributed by atoms with van der Waals surface area (Å²) in [5, 5.41) is 3.61. The number of hydrogen-bond donors (Lipinski definition) is 1. The largest absolute Gasteiger partial charge is 0.487 e. The third-order valence-corrected chi connectivity index (χ3v) is 7.22. The fourth-order valence-electron chi connectivity index (χ4n) is 4.90. The Kier molecular flexibility index (Phi) is 6.96. The fraction of sp³-hybridized carbons (Fsp3) is 0.448. The van der Waals surface area contributed by atoms with Crippen LogP contribution in [0.1, 0.15) is 42.5 Å². The quantitative estimate of drug-likeness (QED) is 0.497. The minimum Gasteiger partial charge on any atom is -0.487 e. The van der Waals surface area contributed by atoms with Gasteiger partial charge in [-0.15, -0.1) is 0 Å². The third kappa shape index (κ3) is 5.50. The molecule has 1 N–H and O–H groups in total. The smallest absolute Gasteiger partial charge is 0.339 e. The van der Waals surface area contributed by atoms with Crippen LogP contribution in [-0.2, 0) is 22.5 Å². The van der Waals surface area contributed by atoms with E-state index in [9.17, 15) is 9.59 Å². The van der Waals surface area contributed by atoms with Gasteiger partial charge in [-0.2, -0.15) is 0 Å². The second kappa shape index (κ2) is 10.2. The number of aryl methyl sites for hydroxylation is 2. The summed E-state index contributed by atoms with van der Waals surface area (Å²) in [4.78, 5) is 27.6. The van der Waals surface area contributed by atoms with E-state index in [0.717, 1.165) is 56.8 Å². The first-order valence-electron chi connectivity index (χ1n) is 12.8. The van der Waals surface area contributed by atoms with Crippen LogP contribution in [0.2, 0.25) is 0 Å². The van der Waals surface area contributed by atoms with E-state index in [1.807, 2.05) is 51.1 Å². The van der Waals surface area contributed by atoms with Gasteiger partial charge in [-0.25, -0.2) is 4.79 Å². The number of rotatable bonds is 6. The molecule has 0 atom stereocenters. The lowest BCUT2D eigenvalue weighted by Crippen LogP contribution is -2.35. The van der Waals surface area contributed by atoms with Gasteiger partial charge in [0.2, 0.25) is 0 Å². The van der Waals surface area contributed by atoms with Crippen molar-refractivity contribution in [3.8, 4) is 11.5 Å². The number of anilines is 1. The Hall–Kier alpha value is -3.36. The maximum absolute atomic E-state index is 12.8. The Labute approximate surface area is 216 Å². The normalized spacial score (nSPS) is 17.2. The Bertz CT molecular complexity index is 1370. The van der Waals surface area contributed by atoms with Crippen molar-refractivity contribution in [1.82, 2.24) is 4.90 Å². The summed E-state index contributed by atoms with van der Waals surface area (Å²) in [5.74, 6) is 0.813. The summed E-state index contributed by atoms with van der Waals surface area (Å²) < 4.78 is 23.3. The lowest BCUT2D eigenvalue weighted by atomic mass is 9.92. The predicted octanol–water partition coefficient (Wildman–Crippen LogP) is 4.36. The summed E-state index contributed by atoms with van der Waals surface area (Å²) >= 11 is 0. The number of hydrogen-bond acceptors (Lipinski definition) is 7. The molecule has 0 aliphatic carbocycles. The summed E-state index contributed by atoms with van der Waals surface area (Å²) in [5.41, 5.74) is 3.83. The van der Waals surface area contributed by atoms with Crippen molar-refractivity contribution in [2.45, 2.75) is 52.7 Å². The van der Waals surface area contributed by atoms with Crippen molar-refractivity contribution in [3.05, 3.63) is 63.0 Å². The Morgan fingerprint density at radius 3 is 2.57 bits per heavy atom. The van der Waals surface area contributed by atoms with Gasteiger partial charge in [0.15, 0.2) is 6.61 Å². The zero-order chi connectivity index (χ0) is 26.2. The molecule has 8 heteroatoms. The van der Waals surface area contributed by atoms with Gasteiger partial charge >= 0.3 is 5.63 Å².